The minimum atomic E-state index is -4.03. The smallest absolute Gasteiger partial charge is 0.319 e. The Kier molecular flexibility index (Phi) is 5.29. The van der Waals surface area contributed by atoms with Crippen LogP contribution >= 0.6 is 0 Å². The number of ether oxygens (including phenoxy) is 1. The SMILES string of the molecule is NC1(C(=O)N2CCN(CC(F)(F)C(F)F)CC2)CCOCC1. The van der Waals surface area contributed by atoms with E-state index < -0.39 is 24.4 Å². The van der Waals surface area contributed by atoms with Crippen LogP contribution in [0.4, 0.5) is 17.6 Å². The Balaban J connectivity index is 1.85. The molecule has 9 heteroatoms. The van der Waals surface area contributed by atoms with Gasteiger partial charge in [-0.15, -0.1) is 0 Å². The van der Waals surface area contributed by atoms with Gasteiger partial charge >= 0.3 is 12.3 Å². The number of carbonyl (C=O) groups excluding carboxylic acids is 1. The van der Waals surface area contributed by atoms with Gasteiger partial charge in [-0.2, -0.15) is 8.78 Å². The zero-order chi connectivity index (χ0) is 16.4. The molecule has 2 saturated heterocycles. The van der Waals surface area contributed by atoms with E-state index in [0.29, 0.717) is 26.1 Å². The Morgan fingerprint density at radius 1 is 1.18 bits per heavy atom. The van der Waals surface area contributed by atoms with E-state index in [9.17, 15) is 22.4 Å². The highest BCUT2D eigenvalue weighted by atomic mass is 19.3. The molecule has 22 heavy (non-hydrogen) atoms. The summed E-state index contributed by atoms with van der Waals surface area (Å²) in [6.45, 7) is 0.567. The van der Waals surface area contributed by atoms with E-state index in [-0.39, 0.29) is 32.1 Å². The Hall–Kier alpha value is -0.930. The maximum atomic E-state index is 13.0. The lowest BCUT2D eigenvalue weighted by Crippen LogP contribution is -2.62. The lowest BCUT2D eigenvalue weighted by molar-refractivity contribution is -0.151. The van der Waals surface area contributed by atoms with Crippen molar-refractivity contribution in [2.45, 2.75) is 30.7 Å². The Morgan fingerprint density at radius 3 is 2.23 bits per heavy atom. The molecule has 128 valence electrons. The molecule has 2 fully saturated rings. The van der Waals surface area contributed by atoms with Crippen LogP contribution in [0.15, 0.2) is 0 Å². The number of amides is 1. The Bertz CT molecular complexity index is 395. The van der Waals surface area contributed by atoms with Crippen molar-refractivity contribution in [2.24, 2.45) is 5.73 Å². The summed E-state index contributed by atoms with van der Waals surface area (Å²) in [5, 5.41) is 0. The standard InChI is InChI=1S/C13H21F4N3O2/c14-10(15)13(16,17)9-19-3-5-20(6-4-19)11(21)12(18)1-7-22-8-2-12/h10H,1-9,18H2. The molecule has 1 amide bonds. The average molecular weight is 327 g/mol. The highest BCUT2D eigenvalue weighted by Gasteiger charge is 2.44. The summed E-state index contributed by atoms with van der Waals surface area (Å²) in [5.74, 6) is -4.24. The van der Waals surface area contributed by atoms with Crippen LogP contribution in [0.3, 0.4) is 0 Å². The molecule has 2 rings (SSSR count). The summed E-state index contributed by atoms with van der Waals surface area (Å²) in [6.07, 6.45) is -2.83. The van der Waals surface area contributed by atoms with Gasteiger partial charge in [0.25, 0.3) is 0 Å². The number of alkyl halides is 4. The molecule has 2 aliphatic rings. The highest BCUT2D eigenvalue weighted by Crippen LogP contribution is 2.25. The van der Waals surface area contributed by atoms with Crippen LogP contribution in [0, 0.1) is 0 Å². The summed E-state index contributed by atoms with van der Waals surface area (Å²) >= 11 is 0. The second-order valence-electron chi connectivity index (χ2n) is 5.90. The third-order valence-corrected chi connectivity index (χ3v) is 4.22. The number of carbonyl (C=O) groups is 1. The summed E-state index contributed by atoms with van der Waals surface area (Å²) in [4.78, 5) is 15.2. The largest absolute Gasteiger partial charge is 0.381 e. The van der Waals surface area contributed by atoms with Crippen LogP contribution in [0.25, 0.3) is 0 Å². The zero-order valence-corrected chi connectivity index (χ0v) is 12.2. The third-order valence-electron chi connectivity index (χ3n) is 4.22. The lowest BCUT2D eigenvalue weighted by atomic mass is 9.89. The van der Waals surface area contributed by atoms with Gasteiger partial charge in [0.1, 0.15) is 0 Å². The molecule has 0 aromatic rings. The van der Waals surface area contributed by atoms with Crippen LogP contribution in [-0.4, -0.2) is 79.5 Å². The first-order valence-corrected chi connectivity index (χ1v) is 7.29. The molecule has 0 aliphatic carbocycles. The fourth-order valence-electron chi connectivity index (χ4n) is 2.74. The van der Waals surface area contributed by atoms with Gasteiger partial charge in [-0.3, -0.25) is 9.69 Å². The van der Waals surface area contributed by atoms with Gasteiger partial charge in [0, 0.05) is 39.4 Å². The maximum absolute atomic E-state index is 13.0. The third kappa shape index (κ3) is 3.88. The van der Waals surface area contributed by atoms with Gasteiger partial charge in [-0.1, -0.05) is 0 Å². The van der Waals surface area contributed by atoms with E-state index in [0.717, 1.165) is 0 Å². The van der Waals surface area contributed by atoms with Crippen LogP contribution < -0.4 is 5.73 Å². The predicted octanol–water partition coefficient (Wildman–Crippen LogP) is 0.539. The van der Waals surface area contributed by atoms with Gasteiger partial charge in [0.05, 0.1) is 12.1 Å². The molecule has 2 aliphatic heterocycles. The van der Waals surface area contributed by atoms with E-state index in [4.69, 9.17) is 10.5 Å². The molecular formula is C13H21F4N3O2. The molecule has 0 bridgehead atoms. The van der Waals surface area contributed by atoms with Crippen LogP contribution in [0.1, 0.15) is 12.8 Å². The summed E-state index contributed by atoms with van der Waals surface area (Å²) in [6, 6.07) is 0. The summed E-state index contributed by atoms with van der Waals surface area (Å²) in [5.41, 5.74) is 5.14. The van der Waals surface area contributed by atoms with Gasteiger partial charge in [0.15, 0.2) is 0 Å². The lowest BCUT2D eigenvalue weighted by Gasteiger charge is -2.41. The van der Waals surface area contributed by atoms with Crippen molar-refractivity contribution in [3.63, 3.8) is 0 Å². The van der Waals surface area contributed by atoms with Gasteiger partial charge in [0.2, 0.25) is 5.91 Å². The minimum Gasteiger partial charge on any atom is -0.381 e. The molecular weight excluding hydrogens is 306 g/mol. The van der Waals surface area contributed by atoms with Crippen molar-refractivity contribution in [1.29, 1.82) is 0 Å². The average Bonchev–Trinajstić information content (AvgIpc) is 2.47. The molecule has 0 saturated carbocycles. The monoisotopic (exact) mass is 327 g/mol. The molecule has 2 N–H and O–H groups in total. The fourth-order valence-corrected chi connectivity index (χ4v) is 2.74. The summed E-state index contributed by atoms with van der Waals surface area (Å²) in [7, 11) is 0. The van der Waals surface area contributed by atoms with E-state index in [2.05, 4.69) is 0 Å². The van der Waals surface area contributed by atoms with E-state index in [1.54, 1.807) is 0 Å². The van der Waals surface area contributed by atoms with Crippen molar-refractivity contribution in [3.05, 3.63) is 0 Å². The van der Waals surface area contributed by atoms with Crippen molar-refractivity contribution < 1.29 is 27.1 Å². The van der Waals surface area contributed by atoms with E-state index >= 15 is 0 Å². The van der Waals surface area contributed by atoms with Gasteiger partial charge in [-0.25, -0.2) is 8.78 Å². The number of hydrogen-bond donors (Lipinski definition) is 1. The topological polar surface area (TPSA) is 58.8 Å². The molecule has 0 aromatic carbocycles. The molecule has 0 radical (unpaired) electrons. The summed E-state index contributed by atoms with van der Waals surface area (Å²) < 4.78 is 55.6. The Labute approximate surface area is 126 Å². The van der Waals surface area contributed by atoms with E-state index in [1.807, 2.05) is 0 Å². The molecule has 0 spiro atoms. The van der Waals surface area contributed by atoms with Crippen molar-refractivity contribution in [2.75, 3.05) is 45.9 Å². The molecule has 5 nitrogen and oxygen atoms in total. The second kappa shape index (κ2) is 6.67. The molecule has 0 atom stereocenters. The first kappa shape index (κ1) is 17.4. The maximum Gasteiger partial charge on any atom is 0.319 e. The molecule has 2 heterocycles. The first-order chi connectivity index (χ1) is 10.2. The zero-order valence-electron chi connectivity index (χ0n) is 12.2. The van der Waals surface area contributed by atoms with Gasteiger partial charge in [-0.05, 0) is 12.8 Å². The van der Waals surface area contributed by atoms with E-state index in [1.165, 1.54) is 9.80 Å². The second-order valence-corrected chi connectivity index (χ2v) is 5.90. The normalized spacial score (nSPS) is 23.8. The fraction of sp³-hybridized carbons (Fsp3) is 0.923. The van der Waals surface area contributed by atoms with Crippen molar-refractivity contribution >= 4 is 5.91 Å². The van der Waals surface area contributed by atoms with Crippen molar-refractivity contribution in [1.82, 2.24) is 9.80 Å². The quantitative estimate of drug-likeness (QED) is 0.766. The number of piperazine rings is 1. The molecule has 0 unspecified atom stereocenters. The predicted molar refractivity (Wildman–Crippen MR) is 70.9 cm³/mol. The number of halogens is 4. The van der Waals surface area contributed by atoms with Crippen LogP contribution in [0.2, 0.25) is 0 Å². The van der Waals surface area contributed by atoms with Crippen molar-refractivity contribution in [3.8, 4) is 0 Å². The number of nitrogens with two attached hydrogens (primary N) is 1. The highest BCUT2D eigenvalue weighted by molar-refractivity contribution is 5.86. The number of nitrogens with zero attached hydrogens (tertiary/aromatic N) is 2. The number of rotatable bonds is 4. The number of hydrogen-bond acceptors (Lipinski definition) is 4. The van der Waals surface area contributed by atoms with Gasteiger partial charge < -0.3 is 15.4 Å². The molecule has 0 aromatic heterocycles. The van der Waals surface area contributed by atoms with Crippen LogP contribution in [-0.2, 0) is 9.53 Å². The first-order valence-electron chi connectivity index (χ1n) is 7.29. The van der Waals surface area contributed by atoms with Crippen LogP contribution in [0.5, 0.6) is 0 Å². The Morgan fingerprint density at radius 2 is 1.73 bits per heavy atom. The minimum absolute atomic E-state index is 0.140.